The lowest BCUT2D eigenvalue weighted by Gasteiger charge is -2.48. The van der Waals surface area contributed by atoms with Crippen LogP contribution in [0.25, 0.3) is 0 Å². The number of aliphatic carboxylic acids is 1. The summed E-state index contributed by atoms with van der Waals surface area (Å²) in [6.45, 7) is 0. The molecule has 0 bridgehead atoms. The molecule has 0 spiro atoms. The van der Waals surface area contributed by atoms with Crippen LogP contribution in [0.15, 0.2) is 210 Å². The van der Waals surface area contributed by atoms with Crippen molar-refractivity contribution in [3.63, 3.8) is 0 Å². The van der Waals surface area contributed by atoms with Crippen molar-refractivity contribution in [1.29, 1.82) is 0 Å². The molecule has 0 aliphatic carbocycles. The summed E-state index contributed by atoms with van der Waals surface area (Å²) >= 11 is 2.05. The van der Waals surface area contributed by atoms with E-state index in [1.807, 2.05) is 182 Å². The van der Waals surface area contributed by atoms with E-state index >= 15 is 4.79 Å². The van der Waals surface area contributed by atoms with Gasteiger partial charge in [0.25, 0.3) is 11.8 Å². The molecule has 6 aromatic carbocycles. The second kappa shape index (κ2) is 19.6. The number of oxime groups is 1. The third kappa shape index (κ3) is 8.80. The van der Waals surface area contributed by atoms with Gasteiger partial charge in [-0.25, -0.2) is 10.2 Å². The van der Waals surface area contributed by atoms with Gasteiger partial charge in [-0.2, -0.15) is 21.6 Å². The quantitative estimate of drug-likeness (QED) is 0.0213. The molecule has 0 unspecified atom stereocenters. The number of hydrogen-bond donors (Lipinski definition) is 3. The molecule has 0 radical (unpaired) electrons. The van der Waals surface area contributed by atoms with Crippen molar-refractivity contribution in [3.05, 3.63) is 238 Å². The van der Waals surface area contributed by atoms with E-state index in [4.69, 9.17) is 9.99 Å². The summed E-state index contributed by atoms with van der Waals surface area (Å²) < 4.78 is 68.2. The Morgan fingerprint density at radius 3 is 1.53 bits per heavy atom. The molecule has 2 atom stereocenters. The summed E-state index contributed by atoms with van der Waals surface area (Å²) in [6, 6.07) is 55.6. The minimum Gasteiger partial charge on any atom is -0.476 e. The van der Waals surface area contributed by atoms with Crippen LogP contribution in [0.3, 0.4) is 0 Å². The van der Waals surface area contributed by atoms with Gasteiger partial charge >= 0.3 is 21.6 Å². The molecular formula is C51H40F3N5O8S3. The third-order valence-electron chi connectivity index (χ3n) is 11.8. The molecule has 3 aliphatic heterocycles. The van der Waals surface area contributed by atoms with Crippen LogP contribution in [0.4, 0.5) is 13.2 Å². The number of nitrogens with zero attached hydrogens (tertiary/aromatic N) is 3. The van der Waals surface area contributed by atoms with Gasteiger partial charge < -0.3 is 19.4 Å². The van der Waals surface area contributed by atoms with Gasteiger partial charge in [0.1, 0.15) is 17.0 Å². The largest absolute Gasteiger partial charge is 0.534 e. The number of β-lactam (4-membered cyclic amide) rings is 1. The summed E-state index contributed by atoms with van der Waals surface area (Å²) in [7, 11) is -6.29. The summed E-state index contributed by atoms with van der Waals surface area (Å²) in [5.41, 5.74) is -1.38. The van der Waals surface area contributed by atoms with Gasteiger partial charge in [0.2, 0.25) is 5.60 Å². The number of carboxylic acid groups (broad SMARTS) is 1. The van der Waals surface area contributed by atoms with Gasteiger partial charge in [0, 0.05) is 22.1 Å². The first-order valence-corrected chi connectivity index (χ1v) is 25.0. The Hall–Kier alpha value is -7.32. The molecule has 13 nitrogen and oxygen atoms in total. The molecule has 3 N–H and O–H groups in total. The molecule has 1 saturated heterocycles. The number of carboxylic acids is 1. The van der Waals surface area contributed by atoms with E-state index in [2.05, 4.69) is 14.9 Å². The number of alkyl halides is 3. The zero-order valence-corrected chi connectivity index (χ0v) is 38.9. The van der Waals surface area contributed by atoms with Crippen molar-refractivity contribution >= 4 is 57.1 Å². The Labute approximate surface area is 408 Å². The van der Waals surface area contributed by atoms with E-state index in [0.29, 0.717) is 33.4 Å². The highest BCUT2D eigenvalue weighted by molar-refractivity contribution is 8.02. The topological polar surface area (TPSA) is 167 Å². The molecular weight excluding hydrogens is 964 g/mol. The second-order valence-corrected chi connectivity index (χ2v) is 19.4. The highest BCUT2D eigenvalue weighted by atomic mass is 32.2. The van der Waals surface area contributed by atoms with Crippen LogP contribution >= 0.6 is 23.5 Å². The summed E-state index contributed by atoms with van der Waals surface area (Å²) in [5.74, 6) is -5.47. The Morgan fingerprint density at radius 1 is 0.686 bits per heavy atom. The SMILES string of the molecule is O=C(O)C1=C(OS(=O)(=O)C(F)(F)F)CS[C@H]2[C@H](NC(=O)/C(=N\OC(c3ccccc3)(c3ccccc3)c3ccccc3)C3=CSCN3NC(c3ccccc3)(c3ccccc3)c3ccccc3)C(=O)N12. The van der Waals surface area contributed by atoms with Crippen LogP contribution in [0.5, 0.6) is 0 Å². The lowest BCUT2D eigenvalue weighted by Crippen LogP contribution is -2.71. The van der Waals surface area contributed by atoms with E-state index in [-0.39, 0.29) is 17.3 Å². The number of halogens is 3. The predicted octanol–water partition coefficient (Wildman–Crippen LogP) is 8.26. The van der Waals surface area contributed by atoms with Crippen molar-refractivity contribution in [3.8, 4) is 0 Å². The molecule has 19 heteroatoms. The molecule has 0 saturated carbocycles. The number of hydrazine groups is 1. The Morgan fingerprint density at radius 2 is 1.11 bits per heavy atom. The molecule has 3 heterocycles. The van der Waals surface area contributed by atoms with Crippen LogP contribution in [-0.2, 0) is 44.7 Å². The van der Waals surface area contributed by atoms with Crippen molar-refractivity contribution in [2.75, 3.05) is 11.6 Å². The van der Waals surface area contributed by atoms with Crippen molar-refractivity contribution in [1.82, 2.24) is 20.7 Å². The minimum atomic E-state index is -6.29. The molecule has 3 aliphatic rings. The zero-order valence-electron chi connectivity index (χ0n) is 36.5. The molecule has 356 valence electrons. The van der Waals surface area contributed by atoms with Crippen LogP contribution in [0, 0.1) is 0 Å². The molecule has 0 aromatic heterocycles. The summed E-state index contributed by atoms with van der Waals surface area (Å²) in [4.78, 5) is 49.1. The van der Waals surface area contributed by atoms with E-state index in [1.165, 1.54) is 11.8 Å². The van der Waals surface area contributed by atoms with Gasteiger partial charge in [-0.3, -0.25) is 19.5 Å². The lowest BCUT2D eigenvalue weighted by molar-refractivity contribution is -0.150. The molecule has 2 amide bonds. The maximum atomic E-state index is 15.2. The van der Waals surface area contributed by atoms with Gasteiger partial charge in [0.15, 0.2) is 17.2 Å². The van der Waals surface area contributed by atoms with E-state index in [0.717, 1.165) is 16.7 Å². The van der Waals surface area contributed by atoms with Crippen molar-refractivity contribution in [2.45, 2.75) is 28.1 Å². The minimum absolute atomic E-state index is 0.219. The summed E-state index contributed by atoms with van der Waals surface area (Å²) in [5, 5.41) is 19.8. The van der Waals surface area contributed by atoms with Gasteiger partial charge in [-0.15, -0.1) is 23.5 Å². The second-order valence-electron chi connectivity index (χ2n) is 15.9. The number of hydrogen-bond acceptors (Lipinski definition) is 12. The van der Waals surface area contributed by atoms with Gasteiger partial charge in [0.05, 0.1) is 17.3 Å². The maximum Gasteiger partial charge on any atom is 0.534 e. The average Bonchev–Trinajstić information content (AvgIpc) is 3.84. The molecule has 6 aromatic rings. The third-order valence-corrected chi connectivity index (χ3v) is 14.8. The van der Waals surface area contributed by atoms with E-state index in [9.17, 15) is 36.3 Å². The van der Waals surface area contributed by atoms with Gasteiger partial charge in [-0.05, 0) is 16.7 Å². The first kappa shape index (κ1) is 47.7. The zero-order chi connectivity index (χ0) is 49.1. The van der Waals surface area contributed by atoms with Crippen LogP contribution in [-0.4, -0.2) is 75.5 Å². The van der Waals surface area contributed by atoms with E-state index in [1.54, 1.807) is 10.4 Å². The smallest absolute Gasteiger partial charge is 0.476 e. The van der Waals surface area contributed by atoms with E-state index < -0.39 is 73.2 Å². The maximum absolute atomic E-state index is 15.2. The Balaban J connectivity index is 1.16. The molecule has 1 fully saturated rings. The number of thioether (sulfide) groups is 2. The Bertz CT molecular complexity index is 2910. The fourth-order valence-electron chi connectivity index (χ4n) is 8.60. The summed E-state index contributed by atoms with van der Waals surface area (Å²) in [6.07, 6.45) is 0. The number of rotatable bonds is 16. The molecule has 70 heavy (non-hydrogen) atoms. The van der Waals surface area contributed by atoms with Crippen LogP contribution in [0.2, 0.25) is 0 Å². The number of fused-ring (bicyclic) bond motifs is 1. The average molecular weight is 1000 g/mol. The highest BCUT2D eigenvalue weighted by Gasteiger charge is 2.57. The number of carbonyl (C=O) groups excluding carboxylic acids is 2. The van der Waals surface area contributed by atoms with Crippen LogP contribution < -0.4 is 10.7 Å². The first-order chi connectivity index (χ1) is 33.8. The van der Waals surface area contributed by atoms with Gasteiger partial charge in [-0.1, -0.05) is 187 Å². The monoisotopic (exact) mass is 1000 g/mol. The standard InChI is InChI=1S/C51H40F3N5O8S3/c52-51(53,54)70(64,65)66-41-32-69-47-43(46(61)59(47)44(41)48(62)63)55-45(60)42(56-67-50(37-25-13-4-14-26-37,38-27-15-5-16-28-38)39-29-17-6-18-30-39)40-31-68-33-58(40)57-49(34-19-7-1-8-20-34,35-21-9-2-10-22-35)36-23-11-3-12-24-36/h1-31,43,47,57H,32-33H2,(H,55,60)(H,62,63)/b56-42-/t43-,47+/m1/s1. The molecule has 9 rings (SSSR count). The number of amides is 2. The predicted molar refractivity (Wildman–Crippen MR) is 258 cm³/mol. The number of carbonyl (C=O) groups is 3. The number of nitrogens with one attached hydrogen (secondary N) is 2. The fourth-order valence-corrected chi connectivity index (χ4v) is 11.2. The first-order valence-electron chi connectivity index (χ1n) is 21.5. The van der Waals surface area contributed by atoms with Crippen LogP contribution in [0.1, 0.15) is 33.4 Å². The normalized spacial score (nSPS) is 17.6. The lowest BCUT2D eigenvalue weighted by atomic mass is 9.77. The number of benzene rings is 6. The Kier molecular flexibility index (Phi) is 13.4. The fraction of sp³-hybridized carbons (Fsp3) is 0.137. The van der Waals surface area contributed by atoms with Crippen molar-refractivity contribution < 1.29 is 50.1 Å². The highest BCUT2D eigenvalue weighted by Crippen LogP contribution is 2.44. The van der Waals surface area contributed by atoms with Crippen molar-refractivity contribution in [2.24, 2.45) is 5.16 Å².